The van der Waals surface area contributed by atoms with Crippen molar-refractivity contribution in [1.82, 2.24) is 0 Å². The molecule has 2 heteroatoms. The van der Waals surface area contributed by atoms with E-state index in [2.05, 4.69) is 86.7 Å². The van der Waals surface area contributed by atoms with Gasteiger partial charge in [-0.05, 0) is 61.4 Å². The molecule has 0 saturated heterocycles. The predicted octanol–water partition coefficient (Wildman–Crippen LogP) is 6.77. The molecule has 0 nitrogen and oxygen atoms in total. The second kappa shape index (κ2) is 6.91. The van der Waals surface area contributed by atoms with Gasteiger partial charge in [0.05, 0.1) is 0 Å². The van der Waals surface area contributed by atoms with Crippen LogP contribution in [0.3, 0.4) is 0 Å². The van der Waals surface area contributed by atoms with Crippen LogP contribution in [0.1, 0.15) is 30.6 Å². The molecule has 0 aliphatic carbocycles. The first-order valence-electron chi connectivity index (χ1n) is 7.28. The second-order valence-electron chi connectivity index (χ2n) is 5.23. The maximum Gasteiger partial charge on any atom is 0.0273 e. The van der Waals surface area contributed by atoms with Gasteiger partial charge in [0, 0.05) is 19.5 Å². The van der Waals surface area contributed by atoms with Crippen LogP contribution in [0.4, 0.5) is 0 Å². The Labute approximate surface area is 140 Å². The Morgan fingerprint density at radius 1 is 0.545 bits per heavy atom. The van der Waals surface area contributed by atoms with Crippen LogP contribution in [0.25, 0.3) is 24.3 Å². The van der Waals surface area contributed by atoms with E-state index < -0.39 is 0 Å². The highest BCUT2D eigenvalue weighted by Crippen LogP contribution is 2.20. The molecule has 2 aromatic heterocycles. The van der Waals surface area contributed by atoms with Gasteiger partial charge >= 0.3 is 0 Å². The predicted molar refractivity (Wildman–Crippen MR) is 102 cm³/mol. The van der Waals surface area contributed by atoms with Crippen LogP contribution in [0.15, 0.2) is 48.5 Å². The van der Waals surface area contributed by atoms with Crippen molar-refractivity contribution >= 4 is 47.0 Å². The molecule has 0 spiro atoms. The summed E-state index contributed by atoms with van der Waals surface area (Å²) in [6.07, 6.45) is 8.69. The minimum absolute atomic E-state index is 1.23. The molecule has 3 aromatic rings. The van der Waals surface area contributed by atoms with Gasteiger partial charge in [-0.3, -0.25) is 0 Å². The van der Waals surface area contributed by atoms with E-state index in [-0.39, 0.29) is 0 Å². The van der Waals surface area contributed by atoms with Gasteiger partial charge in [-0.15, -0.1) is 22.7 Å². The molecule has 2 heterocycles. The molecule has 0 amide bonds. The molecule has 3 rings (SSSR count). The molecular weight excluding hydrogens is 304 g/mol. The van der Waals surface area contributed by atoms with Crippen LogP contribution in [0.5, 0.6) is 0 Å². The number of hydrogen-bond donors (Lipinski definition) is 0. The first-order valence-corrected chi connectivity index (χ1v) is 8.91. The Morgan fingerprint density at radius 2 is 0.955 bits per heavy atom. The second-order valence-corrected chi connectivity index (χ2v) is 7.87. The third kappa shape index (κ3) is 4.06. The van der Waals surface area contributed by atoms with Crippen molar-refractivity contribution in [2.24, 2.45) is 0 Å². The number of thiophene rings is 2. The monoisotopic (exact) mass is 322 g/mol. The lowest BCUT2D eigenvalue weighted by molar-refractivity contribution is 1.63. The van der Waals surface area contributed by atoms with Gasteiger partial charge in [0.25, 0.3) is 0 Å². The third-order valence-electron chi connectivity index (χ3n) is 3.34. The SMILES string of the molecule is Cc1ccc(/C=C/c2ccc(/C=C/c3ccc(C)s3)cc2)s1. The zero-order valence-corrected chi connectivity index (χ0v) is 14.4. The molecule has 0 aliphatic heterocycles. The van der Waals surface area contributed by atoms with Crippen LogP contribution in [0, 0.1) is 13.8 Å². The lowest BCUT2D eigenvalue weighted by Crippen LogP contribution is -1.74. The van der Waals surface area contributed by atoms with E-state index in [0.29, 0.717) is 0 Å². The fraction of sp³-hybridized carbons (Fsp3) is 0.100. The lowest BCUT2D eigenvalue weighted by Gasteiger charge is -1.96. The maximum absolute atomic E-state index is 2.18. The summed E-state index contributed by atoms with van der Waals surface area (Å²) in [5.41, 5.74) is 2.46. The summed E-state index contributed by atoms with van der Waals surface area (Å²) in [7, 11) is 0. The van der Waals surface area contributed by atoms with E-state index in [1.54, 1.807) is 0 Å². The van der Waals surface area contributed by atoms with Crippen molar-refractivity contribution in [3.63, 3.8) is 0 Å². The number of benzene rings is 1. The van der Waals surface area contributed by atoms with Crippen molar-refractivity contribution in [1.29, 1.82) is 0 Å². The molecule has 0 fully saturated rings. The van der Waals surface area contributed by atoms with Gasteiger partial charge in [-0.2, -0.15) is 0 Å². The van der Waals surface area contributed by atoms with E-state index >= 15 is 0 Å². The van der Waals surface area contributed by atoms with Crippen molar-refractivity contribution in [2.75, 3.05) is 0 Å². The minimum Gasteiger partial charge on any atom is -0.141 e. The van der Waals surface area contributed by atoms with E-state index in [9.17, 15) is 0 Å². The Hall–Kier alpha value is -1.90. The Morgan fingerprint density at radius 3 is 1.27 bits per heavy atom. The third-order valence-corrected chi connectivity index (χ3v) is 5.27. The van der Waals surface area contributed by atoms with Crippen LogP contribution in [-0.2, 0) is 0 Å². The molecular formula is C20H18S2. The standard InChI is InChI=1S/C20H18S2/c1-15-3-11-19(21-15)13-9-17-5-7-18(8-6-17)10-14-20-12-4-16(2)22-20/h3-14H,1-2H3/b13-9+,14-10+. The van der Waals surface area contributed by atoms with Crippen molar-refractivity contribution in [3.8, 4) is 0 Å². The molecule has 22 heavy (non-hydrogen) atoms. The molecule has 0 bridgehead atoms. The maximum atomic E-state index is 2.18. The summed E-state index contributed by atoms with van der Waals surface area (Å²) in [6, 6.07) is 17.3. The van der Waals surface area contributed by atoms with Gasteiger partial charge in [0.2, 0.25) is 0 Å². The molecule has 0 saturated carbocycles. The van der Waals surface area contributed by atoms with Gasteiger partial charge in [-0.25, -0.2) is 0 Å². The van der Waals surface area contributed by atoms with Crippen LogP contribution in [-0.4, -0.2) is 0 Å². The van der Waals surface area contributed by atoms with Crippen LogP contribution < -0.4 is 0 Å². The molecule has 0 N–H and O–H groups in total. The summed E-state index contributed by atoms with van der Waals surface area (Å²) in [4.78, 5) is 5.30. The molecule has 1 aromatic carbocycles. The average Bonchev–Trinajstić information content (AvgIpc) is 3.12. The summed E-state index contributed by atoms with van der Waals surface area (Å²) in [5.74, 6) is 0. The zero-order chi connectivity index (χ0) is 15.4. The summed E-state index contributed by atoms with van der Waals surface area (Å²) < 4.78 is 0. The van der Waals surface area contributed by atoms with E-state index in [1.807, 2.05) is 22.7 Å². The number of rotatable bonds is 4. The normalized spacial score (nSPS) is 11.7. The largest absolute Gasteiger partial charge is 0.141 e. The highest BCUT2D eigenvalue weighted by atomic mass is 32.1. The molecule has 0 radical (unpaired) electrons. The van der Waals surface area contributed by atoms with Crippen molar-refractivity contribution < 1.29 is 0 Å². The highest BCUT2D eigenvalue weighted by molar-refractivity contribution is 7.13. The summed E-state index contributed by atoms with van der Waals surface area (Å²) in [6.45, 7) is 4.27. The molecule has 110 valence electrons. The number of hydrogen-bond acceptors (Lipinski definition) is 2. The zero-order valence-electron chi connectivity index (χ0n) is 12.7. The summed E-state index contributed by atoms with van der Waals surface area (Å²) in [5, 5.41) is 0. The molecule has 0 atom stereocenters. The first-order chi connectivity index (χ1) is 10.7. The number of aryl methyl sites for hydroxylation is 2. The minimum atomic E-state index is 1.23. The quantitative estimate of drug-likeness (QED) is 0.497. The lowest BCUT2D eigenvalue weighted by atomic mass is 10.1. The van der Waals surface area contributed by atoms with E-state index in [0.717, 1.165) is 0 Å². The van der Waals surface area contributed by atoms with Gasteiger partial charge in [0.15, 0.2) is 0 Å². The van der Waals surface area contributed by atoms with E-state index in [1.165, 1.54) is 30.6 Å². The van der Waals surface area contributed by atoms with Gasteiger partial charge in [0.1, 0.15) is 0 Å². The topological polar surface area (TPSA) is 0 Å². The molecule has 0 unspecified atom stereocenters. The fourth-order valence-electron chi connectivity index (χ4n) is 2.16. The smallest absolute Gasteiger partial charge is 0.0273 e. The highest BCUT2D eigenvalue weighted by Gasteiger charge is 1.94. The van der Waals surface area contributed by atoms with Crippen LogP contribution in [0.2, 0.25) is 0 Å². The Kier molecular flexibility index (Phi) is 4.71. The molecule has 0 aliphatic rings. The van der Waals surface area contributed by atoms with Gasteiger partial charge in [-0.1, -0.05) is 36.4 Å². The Bertz CT molecular complexity index is 729. The van der Waals surface area contributed by atoms with Crippen molar-refractivity contribution in [3.05, 3.63) is 79.2 Å². The summed E-state index contributed by atoms with van der Waals surface area (Å²) >= 11 is 3.64. The van der Waals surface area contributed by atoms with Crippen molar-refractivity contribution in [2.45, 2.75) is 13.8 Å². The van der Waals surface area contributed by atoms with E-state index in [4.69, 9.17) is 0 Å². The fourth-order valence-corrected chi connectivity index (χ4v) is 3.72. The Balaban J connectivity index is 1.67. The van der Waals surface area contributed by atoms with Gasteiger partial charge < -0.3 is 0 Å². The van der Waals surface area contributed by atoms with Crippen LogP contribution >= 0.6 is 22.7 Å². The first kappa shape index (κ1) is 15.0. The average molecular weight is 322 g/mol.